The first-order valence-electron chi connectivity index (χ1n) is 7.95. The van der Waals surface area contributed by atoms with Crippen LogP contribution >= 0.6 is 0 Å². The minimum atomic E-state index is -0.0714. The predicted molar refractivity (Wildman–Crippen MR) is 93.9 cm³/mol. The SMILES string of the molecule is CC(C)Oc1ccccc1NC(=O)CNCCc1ccccc1. The molecule has 0 heterocycles. The number of amides is 1. The summed E-state index contributed by atoms with van der Waals surface area (Å²) in [5, 5.41) is 6.05. The Balaban J connectivity index is 1.76. The maximum Gasteiger partial charge on any atom is 0.238 e. The van der Waals surface area contributed by atoms with Crippen molar-refractivity contribution < 1.29 is 9.53 Å². The molecule has 0 aliphatic rings. The van der Waals surface area contributed by atoms with Crippen LogP contribution in [0.5, 0.6) is 5.75 Å². The van der Waals surface area contributed by atoms with E-state index in [4.69, 9.17) is 4.74 Å². The molecule has 2 aromatic rings. The van der Waals surface area contributed by atoms with Crippen LogP contribution < -0.4 is 15.4 Å². The van der Waals surface area contributed by atoms with Gasteiger partial charge in [0, 0.05) is 0 Å². The molecule has 0 aliphatic heterocycles. The second-order valence-electron chi connectivity index (χ2n) is 5.62. The smallest absolute Gasteiger partial charge is 0.238 e. The average Bonchev–Trinajstić information content (AvgIpc) is 2.54. The van der Waals surface area contributed by atoms with Crippen LogP contribution in [0, 0.1) is 0 Å². The van der Waals surface area contributed by atoms with E-state index < -0.39 is 0 Å². The molecule has 0 fully saturated rings. The molecule has 122 valence electrons. The molecule has 2 rings (SSSR count). The van der Waals surface area contributed by atoms with Crippen LogP contribution in [0.3, 0.4) is 0 Å². The number of carbonyl (C=O) groups is 1. The van der Waals surface area contributed by atoms with E-state index in [1.807, 2.05) is 56.3 Å². The zero-order valence-electron chi connectivity index (χ0n) is 13.7. The van der Waals surface area contributed by atoms with Crippen LogP contribution in [0.25, 0.3) is 0 Å². The number of rotatable bonds is 8. The summed E-state index contributed by atoms with van der Waals surface area (Å²) in [4.78, 5) is 12.0. The van der Waals surface area contributed by atoms with Gasteiger partial charge in [0.05, 0.1) is 18.3 Å². The number of para-hydroxylation sites is 2. The van der Waals surface area contributed by atoms with Gasteiger partial charge < -0.3 is 15.4 Å². The quantitative estimate of drug-likeness (QED) is 0.736. The Morgan fingerprint density at radius 3 is 2.48 bits per heavy atom. The Morgan fingerprint density at radius 1 is 1.04 bits per heavy atom. The third-order valence-corrected chi connectivity index (χ3v) is 3.24. The Morgan fingerprint density at radius 2 is 1.74 bits per heavy atom. The molecule has 0 saturated carbocycles. The molecule has 0 unspecified atom stereocenters. The topological polar surface area (TPSA) is 50.4 Å². The maximum atomic E-state index is 12.0. The van der Waals surface area contributed by atoms with Gasteiger partial charge in [0.2, 0.25) is 5.91 Å². The van der Waals surface area contributed by atoms with Gasteiger partial charge >= 0.3 is 0 Å². The van der Waals surface area contributed by atoms with Crippen LogP contribution in [0.15, 0.2) is 54.6 Å². The molecule has 2 N–H and O–H groups in total. The fourth-order valence-electron chi connectivity index (χ4n) is 2.20. The molecular formula is C19H24N2O2. The zero-order chi connectivity index (χ0) is 16.5. The maximum absolute atomic E-state index is 12.0. The van der Waals surface area contributed by atoms with Crippen LogP contribution in [-0.4, -0.2) is 25.1 Å². The first kappa shape index (κ1) is 17.0. The Labute approximate surface area is 137 Å². The number of nitrogens with one attached hydrogen (secondary N) is 2. The molecule has 4 heteroatoms. The lowest BCUT2D eigenvalue weighted by atomic mass is 10.1. The van der Waals surface area contributed by atoms with Crippen molar-refractivity contribution >= 4 is 11.6 Å². The molecule has 0 radical (unpaired) electrons. The molecule has 0 bridgehead atoms. The van der Waals surface area contributed by atoms with E-state index in [0.29, 0.717) is 11.4 Å². The second-order valence-corrected chi connectivity index (χ2v) is 5.62. The number of hydrogen-bond donors (Lipinski definition) is 2. The summed E-state index contributed by atoms with van der Waals surface area (Å²) in [7, 11) is 0. The van der Waals surface area contributed by atoms with E-state index in [1.54, 1.807) is 0 Å². The fourth-order valence-corrected chi connectivity index (χ4v) is 2.20. The first-order chi connectivity index (χ1) is 11.1. The average molecular weight is 312 g/mol. The van der Waals surface area contributed by atoms with Gasteiger partial charge in [-0.1, -0.05) is 42.5 Å². The van der Waals surface area contributed by atoms with Crippen molar-refractivity contribution in [2.75, 3.05) is 18.4 Å². The van der Waals surface area contributed by atoms with Gasteiger partial charge in [0.15, 0.2) is 0 Å². The summed E-state index contributed by atoms with van der Waals surface area (Å²) in [6.45, 7) is 4.97. The van der Waals surface area contributed by atoms with Crippen LogP contribution in [-0.2, 0) is 11.2 Å². The largest absolute Gasteiger partial charge is 0.489 e. The Hall–Kier alpha value is -2.33. The van der Waals surface area contributed by atoms with Crippen molar-refractivity contribution in [1.29, 1.82) is 0 Å². The molecule has 2 aromatic carbocycles. The van der Waals surface area contributed by atoms with E-state index in [-0.39, 0.29) is 18.6 Å². The van der Waals surface area contributed by atoms with Crippen molar-refractivity contribution in [2.45, 2.75) is 26.4 Å². The molecule has 0 spiro atoms. The first-order valence-corrected chi connectivity index (χ1v) is 7.95. The van der Waals surface area contributed by atoms with E-state index in [0.717, 1.165) is 13.0 Å². The molecule has 0 aliphatic carbocycles. The van der Waals surface area contributed by atoms with Crippen LogP contribution in [0.1, 0.15) is 19.4 Å². The molecule has 0 atom stereocenters. The van der Waals surface area contributed by atoms with Gasteiger partial charge in [-0.3, -0.25) is 4.79 Å². The van der Waals surface area contributed by atoms with Crippen molar-refractivity contribution in [2.24, 2.45) is 0 Å². The Bertz CT molecular complexity index is 612. The minimum absolute atomic E-state index is 0.0667. The van der Waals surface area contributed by atoms with Gasteiger partial charge in [-0.25, -0.2) is 0 Å². The molecule has 4 nitrogen and oxygen atoms in total. The lowest BCUT2D eigenvalue weighted by Gasteiger charge is -2.15. The summed E-state index contributed by atoms with van der Waals surface area (Å²) < 4.78 is 5.69. The lowest BCUT2D eigenvalue weighted by molar-refractivity contribution is -0.115. The normalized spacial score (nSPS) is 10.6. The van der Waals surface area contributed by atoms with Gasteiger partial charge in [-0.05, 0) is 44.5 Å². The summed E-state index contributed by atoms with van der Waals surface area (Å²) >= 11 is 0. The lowest BCUT2D eigenvalue weighted by Crippen LogP contribution is -2.29. The fraction of sp³-hybridized carbons (Fsp3) is 0.316. The molecular weight excluding hydrogens is 288 g/mol. The van der Waals surface area contributed by atoms with Gasteiger partial charge in [-0.2, -0.15) is 0 Å². The highest BCUT2D eigenvalue weighted by Crippen LogP contribution is 2.24. The van der Waals surface area contributed by atoms with Crippen molar-refractivity contribution in [3.05, 3.63) is 60.2 Å². The Kier molecular flexibility index (Phi) is 6.63. The molecule has 0 aromatic heterocycles. The monoisotopic (exact) mass is 312 g/mol. The van der Waals surface area contributed by atoms with Crippen molar-refractivity contribution in [3.63, 3.8) is 0 Å². The molecule has 0 saturated heterocycles. The third-order valence-electron chi connectivity index (χ3n) is 3.24. The highest BCUT2D eigenvalue weighted by atomic mass is 16.5. The van der Waals surface area contributed by atoms with Gasteiger partial charge in [0.25, 0.3) is 0 Å². The summed E-state index contributed by atoms with van der Waals surface area (Å²) in [6.07, 6.45) is 0.971. The van der Waals surface area contributed by atoms with Crippen molar-refractivity contribution in [1.82, 2.24) is 5.32 Å². The van der Waals surface area contributed by atoms with E-state index >= 15 is 0 Å². The highest BCUT2D eigenvalue weighted by Gasteiger charge is 2.08. The van der Waals surface area contributed by atoms with Crippen LogP contribution in [0.4, 0.5) is 5.69 Å². The summed E-state index contributed by atoms with van der Waals surface area (Å²) in [6, 6.07) is 17.7. The van der Waals surface area contributed by atoms with Gasteiger partial charge in [-0.15, -0.1) is 0 Å². The summed E-state index contributed by atoms with van der Waals surface area (Å²) in [5.41, 5.74) is 1.96. The third kappa shape index (κ3) is 6.12. The van der Waals surface area contributed by atoms with E-state index in [2.05, 4.69) is 22.8 Å². The number of anilines is 1. The number of benzene rings is 2. The highest BCUT2D eigenvalue weighted by molar-refractivity contribution is 5.93. The van der Waals surface area contributed by atoms with E-state index in [9.17, 15) is 4.79 Å². The number of carbonyl (C=O) groups excluding carboxylic acids is 1. The van der Waals surface area contributed by atoms with E-state index in [1.165, 1.54) is 5.56 Å². The van der Waals surface area contributed by atoms with Crippen molar-refractivity contribution in [3.8, 4) is 5.75 Å². The van der Waals surface area contributed by atoms with Crippen LogP contribution in [0.2, 0.25) is 0 Å². The molecule has 1 amide bonds. The predicted octanol–water partition coefficient (Wildman–Crippen LogP) is 3.24. The summed E-state index contributed by atoms with van der Waals surface area (Å²) in [5.74, 6) is 0.623. The second kappa shape index (κ2) is 8.96. The number of ether oxygens (including phenoxy) is 1. The minimum Gasteiger partial charge on any atom is -0.489 e. The number of hydrogen-bond acceptors (Lipinski definition) is 3. The standard InChI is InChI=1S/C19H24N2O2/c1-15(2)23-18-11-7-6-10-17(18)21-19(22)14-20-13-12-16-8-4-3-5-9-16/h3-11,15,20H,12-14H2,1-2H3,(H,21,22). The molecule has 23 heavy (non-hydrogen) atoms. The van der Waals surface area contributed by atoms with Gasteiger partial charge in [0.1, 0.15) is 5.75 Å². The zero-order valence-corrected chi connectivity index (χ0v) is 13.7.